The van der Waals surface area contributed by atoms with Gasteiger partial charge in [0.25, 0.3) is 0 Å². The first-order valence-corrected chi connectivity index (χ1v) is 8.81. The molecule has 0 saturated heterocycles. The van der Waals surface area contributed by atoms with Gasteiger partial charge in [0, 0.05) is 16.1 Å². The average Bonchev–Trinajstić information content (AvgIpc) is 2.55. The number of nitrogens with zero attached hydrogens (tertiary/aromatic N) is 2. The van der Waals surface area contributed by atoms with Crippen LogP contribution in [0, 0.1) is 13.8 Å². The number of aromatic nitrogens is 2. The van der Waals surface area contributed by atoms with Crippen LogP contribution in [0.15, 0.2) is 47.5 Å². The lowest BCUT2D eigenvalue weighted by Crippen LogP contribution is -2.15. The number of hydrogen-bond acceptors (Lipinski definition) is 4. The van der Waals surface area contributed by atoms with Crippen molar-refractivity contribution in [2.75, 3.05) is 11.1 Å². The fraction of sp³-hybridized carbons (Fsp3) is 0.167. The molecule has 122 valence electrons. The Labute approximate surface area is 149 Å². The van der Waals surface area contributed by atoms with Crippen LogP contribution in [0.1, 0.15) is 11.4 Å². The molecule has 0 aliphatic heterocycles. The van der Waals surface area contributed by atoms with Crippen LogP contribution in [0.5, 0.6) is 0 Å². The molecular formula is C18H16ClN3OS. The van der Waals surface area contributed by atoms with Crippen LogP contribution in [0.4, 0.5) is 5.69 Å². The van der Waals surface area contributed by atoms with E-state index in [9.17, 15) is 4.79 Å². The molecule has 4 nitrogen and oxygen atoms in total. The number of nitrogens with one attached hydrogen (secondary N) is 1. The first-order valence-electron chi connectivity index (χ1n) is 7.45. The number of carbonyl (C=O) groups is 1. The molecule has 0 radical (unpaired) electrons. The number of hydrogen-bond donors (Lipinski definition) is 1. The van der Waals surface area contributed by atoms with Gasteiger partial charge in [-0.25, -0.2) is 9.97 Å². The molecule has 6 heteroatoms. The molecule has 0 atom stereocenters. The standard InChI is InChI=1S/C18H16ClN3OS/c1-11-9-13(19)7-8-15(11)22-17(23)10-24-18-14-5-3-4-6-16(14)20-12(2)21-18/h3-9H,10H2,1-2H3,(H,22,23). The molecule has 24 heavy (non-hydrogen) atoms. The molecule has 0 saturated carbocycles. The molecule has 0 aliphatic rings. The van der Waals surface area contributed by atoms with Crippen molar-refractivity contribution in [3.63, 3.8) is 0 Å². The Bertz CT molecular complexity index is 914. The molecule has 1 N–H and O–H groups in total. The van der Waals surface area contributed by atoms with Gasteiger partial charge < -0.3 is 5.32 Å². The second-order valence-corrected chi connectivity index (χ2v) is 6.79. The second kappa shape index (κ2) is 7.20. The fourth-order valence-corrected chi connectivity index (χ4v) is 3.45. The summed E-state index contributed by atoms with van der Waals surface area (Å²) in [6, 6.07) is 13.2. The van der Waals surface area contributed by atoms with Crippen LogP contribution >= 0.6 is 23.4 Å². The van der Waals surface area contributed by atoms with Crippen LogP contribution in [-0.2, 0) is 4.79 Å². The van der Waals surface area contributed by atoms with E-state index in [2.05, 4.69) is 15.3 Å². The fourth-order valence-electron chi connectivity index (χ4n) is 2.36. The Morgan fingerprint density at radius 3 is 2.75 bits per heavy atom. The molecule has 0 fully saturated rings. The maximum Gasteiger partial charge on any atom is 0.234 e. The number of rotatable bonds is 4. The van der Waals surface area contributed by atoms with Gasteiger partial charge in [-0.2, -0.15) is 0 Å². The van der Waals surface area contributed by atoms with Gasteiger partial charge in [-0.05, 0) is 43.7 Å². The third kappa shape index (κ3) is 3.86. The van der Waals surface area contributed by atoms with Gasteiger partial charge in [-0.15, -0.1) is 0 Å². The van der Waals surface area contributed by atoms with Crippen molar-refractivity contribution in [3.8, 4) is 0 Å². The highest BCUT2D eigenvalue weighted by Crippen LogP contribution is 2.26. The lowest BCUT2D eigenvalue weighted by molar-refractivity contribution is -0.113. The van der Waals surface area contributed by atoms with Gasteiger partial charge in [0.15, 0.2) is 0 Å². The van der Waals surface area contributed by atoms with Crippen LogP contribution in [0.3, 0.4) is 0 Å². The summed E-state index contributed by atoms with van der Waals surface area (Å²) in [4.78, 5) is 21.1. The number of halogens is 1. The quantitative estimate of drug-likeness (QED) is 0.546. The summed E-state index contributed by atoms with van der Waals surface area (Å²) in [6.07, 6.45) is 0. The summed E-state index contributed by atoms with van der Waals surface area (Å²) < 4.78 is 0. The van der Waals surface area contributed by atoms with Crippen molar-refractivity contribution in [2.45, 2.75) is 18.9 Å². The normalized spacial score (nSPS) is 10.8. The molecule has 0 bridgehead atoms. The predicted octanol–water partition coefficient (Wildman–Crippen LogP) is 4.63. The molecule has 0 aliphatic carbocycles. The highest BCUT2D eigenvalue weighted by molar-refractivity contribution is 8.00. The summed E-state index contributed by atoms with van der Waals surface area (Å²) in [5.41, 5.74) is 2.60. The maximum atomic E-state index is 12.2. The van der Waals surface area contributed by atoms with Gasteiger partial charge in [-0.3, -0.25) is 4.79 Å². The molecular weight excluding hydrogens is 342 g/mol. The number of carbonyl (C=O) groups excluding carboxylic acids is 1. The van der Waals surface area contributed by atoms with Crippen molar-refractivity contribution in [2.24, 2.45) is 0 Å². The van der Waals surface area contributed by atoms with E-state index < -0.39 is 0 Å². The van der Waals surface area contributed by atoms with Crippen LogP contribution in [0.25, 0.3) is 10.9 Å². The number of benzene rings is 2. The van der Waals surface area contributed by atoms with Crippen molar-refractivity contribution >= 4 is 45.9 Å². The molecule has 1 aromatic heterocycles. The van der Waals surface area contributed by atoms with Crippen LogP contribution in [-0.4, -0.2) is 21.6 Å². The molecule has 0 unspecified atom stereocenters. The Morgan fingerprint density at radius 2 is 1.96 bits per heavy atom. The summed E-state index contributed by atoms with van der Waals surface area (Å²) in [7, 11) is 0. The maximum absolute atomic E-state index is 12.2. The highest BCUT2D eigenvalue weighted by atomic mass is 35.5. The van der Waals surface area contributed by atoms with E-state index in [4.69, 9.17) is 11.6 Å². The largest absolute Gasteiger partial charge is 0.325 e. The summed E-state index contributed by atoms with van der Waals surface area (Å²) in [6.45, 7) is 3.77. The smallest absolute Gasteiger partial charge is 0.234 e. The van der Waals surface area contributed by atoms with Gasteiger partial charge in [0.05, 0.1) is 11.3 Å². The average molecular weight is 358 g/mol. The van der Waals surface area contributed by atoms with E-state index >= 15 is 0 Å². The Hall–Kier alpha value is -2.11. The topological polar surface area (TPSA) is 54.9 Å². The summed E-state index contributed by atoms with van der Waals surface area (Å²) >= 11 is 7.35. The third-order valence-electron chi connectivity index (χ3n) is 3.48. The monoisotopic (exact) mass is 357 g/mol. The van der Waals surface area contributed by atoms with Gasteiger partial charge >= 0.3 is 0 Å². The predicted molar refractivity (Wildman–Crippen MR) is 99.8 cm³/mol. The SMILES string of the molecule is Cc1nc(SCC(=O)Nc2ccc(Cl)cc2C)c2ccccc2n1. The molecule has 2 aromatic carbocycles. The highest BCUT2D eigenvalue weighted by Gasteiger charge is 2.10. The minimum Gasteiger partial charge on any atom is -0.325 e. The minimum absolute atomic E-state index is 0.0780. The Morgan fingerprint density at radius 1 is 1.17 bits per heavy atom. The van der Waals surface area contributed by atoms with E-state index in [1.165, 1.54) is 11.8 Å². The number of amides is 1. The summed E-state index contributed by atoms with van der Waals surface area (Å²) in [5, 5.41) is 5.35. The van der Waals surface area contributed by atoms with Crippen molar-refractivity contribution < 1.29 is 4.79 Å². The van der Waals surface area contributed by atoms with Gasteiger partial charge in [-0.1, -0.05) is 41.6 Å². The van der Waals surface area contributed by atoms with Gasteiger partial charge in [0.2, 0.25) is 5.91 Å². The third-order valence-corrected chi connectivity index (χ3v) is 4.71. The van der Waals surface area contributed by atoms with Crippen LogP contribution in [0.2, 0.25) is 5.02 Å². The first kappa shape index (κ1) is 16.7. The van der Waals surface area contributed by atoms with Crippen molar-refractivity contribution in [1.29, 1.82) is 0 Å². The lowest BCUT2D eigenvalue weighted by Gasteiger charge is -2.09. The molecule has 1 amide bonds. The van der Waals surface area contributed by atoms with Crippen molar-refractivity contribution in [1.82, 2.24) is 9.97 Å². The Balaban J connectivity index is 1.73. The van der Waals surface area contributed by atoms with E-state index in [1.807, 2.05) is 50.2 Å². The number of aryl methyl sites for hydroxylation is 2. The molecule has 1 heterocycles. The van der Waals surface area contributed by atoms with E-state index in [0.717, 1.165) is 27.2 Å². The zero-order chi connectivity index (χ0) is 17.1. The minimum atomic E-state index is -0.0780. The summed E-state index contributed by atoms with van der Waals surface area (Å²) in [5.74, 6) is 0.901. The number of anilines is 1. The van der Waals surface area contributed by atoms with E-state index in [0.29, 0.717) is 10.8 Å². The van der Waals surface area contributed by atoms with Crippen LogP contribution < -0.4 is 5.32 Å². The number of thioether (sulfide) groups is 1. The lowest BCUT2D eigenvalue weighted by atomic mass is 10.2. The molecule has 0 spiro atoms. The van der Waals surface area contributed by atoms with Crippen molar-refractivity contribution in [3.05, 3.63) is 58.9 Å². The first-order chi connectivity index (χ1) is 11.5. The number of para-hydroxylation sites is 1. The van der Waals surface area contributed by atoms with E-state index in [1.54, 1.807) is 6.07 Å². The molecule has 3 rings (SSSR count). The molecule has 3 aromatic rings. The zero-order valence-corrected chi connectivity index (χ0v) is 14.9. The zero-order valence-electron chi connectivity index (χ0n) is 13.3. The Kier molecular flexibility index (Phi) is 5.02. The van der Waals surface area contributed by atoms with Gasteiger partial charge in [0.1, 0.15) is 10.9 Å². The second-order valence-electron chi connectivity index (χ2n) is 5.39. The van der Waals surface area contributed by atoms with E-state index in [-0.39, 0.29) is 11.7 Å². The number of fused-ring (bicyclic) bond motifs is 1.